The number of aliphatic imine (C=N–C) groups is 1. The van der Waals surface area contributed by atoms with Gasteiger partial charge >= 0.3 is 0 Å². The van der Waals surface area contributed by atoms with Gasteiger partial charge in [-0.25, -0.2) is 4.98 Å². The molecule has 0 aromatic carbocycles. The zero-order valence-corrected chi connectivity index (χ0v) is 13.7. The summed E-state index contributed by atoms with van der Waals surface area (Å²) in [5, 5.41) is 6.84. The van der Waals surface area contributed by atoms with Gasteiger partial charge in [-0.2, -0.15) is 0 Å². The third-order valence-electron chi connectivity index (χ3n) is 4.57. The zero-order chi connectivity index (χ0) is 15.5. The molecule has 118 valence electrons. The number of hydrogen-bond donors (Lipinski definition) is 2. The molecule has 1 aromatic rings. The van der Waals surface area contributed by atoms with Crippen LogP contribution in [-0.2, 0) is 11.3 Å². The number of methoxy groups -OCH3 is 1. The van der Waals surface area contributed by atoms with E-state index in [1.165, 1.54) is 0 Å². The van der Waals surface area contributed by atoms with Crippen LogP contribution in [0.25, 0.3) is 0 Å². The summed E-state index contributed by atoms with van der Waals surface area (Å²) in [6.45, 7) is 8.16. The van der Waals surface area contributed by atoms with E-state index < -0.39 is 0 Å². The lowest BCUT2D eigenvalue weighted by Gasteiger charge is -2.51. The van der Waals surface area contributed by atoms with Crippen molar-refractivity contribution in [3.05, 3.63) is 18.2 Å². The van der Waals surface area contributed by atoms with Crippen molar-refractivity contribution in [2.75, 3.05) is 20.7 Å². The molecule has 6 heteroatoms. The van der Waals surface area contributed by atoms with Crippen LogP contribution in [0.3, 0.4) is 0 Å². The molecule has 0 spiro atoms. The van der Waals surface area contributed by atoms with E-state index in [4.69, 9.17) is 4.74 Å². The summed E-state index contributed by atoms with van der Waals surface area (Å²) in [5.41, 5.74) is 0.132. The Morgan fingerprint density at radius 1 is 1.57 bits per heavy atom. The summed E-state index contributed by atoms with van der Waals surface area (Å²) < 4.78 is 7.60. The maximum absolute atomic E-state index is 5.48. The number of ether oxygens (including phenoxy) is 1. The number of aromatic nitrogens is 2. The van der Waals surface area contributed by atoms with E-state index in [-0.39, 0.29) is 5.41 Å². The molecule has 2 rings (SSSR count). The van der Waals surface area contributed by atoms with Crippen LogP contribution in [0.1, 0.15) is 26.1 Å². The van der Waals surface area contributed by atoms with Gasteiger partial charge in [-0.05, 0) is 13.3 Å². The van der Waals surface area contributed by atoms with Crippen LogP contribution in [0, 0.1) is 12.3 Å². The van der Waals surface area contributed by atoms with Crippen LogP contribution < -0.4 is 10.6 Å². The average molecular weight is 293 g/mol. The van der Waals surface area contributed by atoms with Gasteiger partial charge in [-0.1, -0.05) is 13.8 Å². The molecule has 1 heterocycles. The molecule has 1 aromatic heterocycles. The van der Waals surface area contributed by atoms with E-state index in [0.717, 1.165) is 31.3 Å². The maximum atomic E-state index is 5.48. The first-order valence-corrected chi connectivity index (χ1v) is 7.46. The largest absolute Gasteiger partial charge is 0.381 e. The minimum absolute atomic E-state index is 0.132. The van der Waals surface area contributed by atoms with E-state index in [2.05, 4.69) is 39.0 Å². The lowest BCUT2D eigenvalue weighted by Crippen LogP contribution is -2.63. The fraction of sp³-hybridized carbons (Fsp3) is 0.733. The predicted molar refractivity (Wildman–Crippen MR) is 84.4 cm³/mol. The molecule has 0 amide bonds. The SMILES string of the molecule is CN=C(NCCn1ccnc1C)NC1CC(OC)C1(C)C. The van der Waals surface area contributed by atoms with Crippen molar-refractivity contribution in [2.24, 2.45) is 10.4 Å². The molecule has 2 N–H and O–H groups in total. The van der Waals surface area contributed by atoms with Gasteiger partial charge < -0.3 is 19.9 Å². The van der Waals surface area contributed by atoms with Crippen molar-refractivity contribution < 1.29 is 4.74 Å². The van der Waals surface area contributed by atoms with Gasteiger partial charge in [-0.3, -0.25) is 4.99 Å². The minimum atomic E-state index is 0.132. The Morgan fingerprint density at radius 3 is 2.86 bits per heavy atom. The Bertz CT molecular complexity index is 494. The molecule has 2 unspecified atom stereocenters. The second kappa shape index (κ2) is 6.47. The average Bonchev–Trinajstić information content (AvgIpc) is 2.86. The first-order chi connectivity index (χ1) is 9.98. The normalized spacial score (nSPS) is 24.5. The quantitative estimate of drug-likeness (QED) is 0.632. The Morgan fingerprint density at radius 2 is 2.33 bits per heavy atom. The fourth-order valence-electron chi connectivity index (χ4n) is 2.82. The van der Waals surface area contributed by atoms with Gasteiger partial charge in [0.05, 0.1) is 6.10 Å². The molecular formula is C15H27N5O. The molecule has 1 aliphatic carbocycles. The van der Waals surface area contributed by atoms with Crippen molar-refractivity contribution in [3.8, 4) is 0 Å². The lowest BCUT2D eigenvalue weighted by molar-refractivity contribution is -0.0922. The monoisotopic (exact) mass is 293 g/mol. The highest BCUT2D eigenvalue weighted by Crippen LogP contribution is 2.42. The van der Waals surface area contributed by atoms with Crippen molar-refractivity contribution >= 4 is 5.96 Å². The highest BCUT2D eigenvalue weighted by Gasteiger charge is 2.48. The van der Waals surface area contributed by atoms with Gasteiger partial charge in [0, 0.05) is 51.1 Å². The molecule has 1 aliphatic rings. The first kappa shape index (κ1) is 15.8. The molecular weight excluding hydrogens is 266 g/mol. The summed E-state index contributed by atoms with van der Waals surface area (Å²) in [6.07, 6.45) is 5.15. The summed E-state index contributed by atoms with van der Waals surface area (Å²) in [7, 11) is 3.58. The molecule has 0 radical (unpaired) electrons. The van der Waals surface area contributed by atoms with Gasteiger partial charge in [0.1, 0.15) is 5.82 Å². The molecule has 0 saturated heterocycles. The molecule has 1 saturated carbocycles. The molecule has 0 bridgehead atoms. The van der Waals surface area contributed by atoms with Gasteiger partial charge in [0.15, 0.2) is 5.96 Å². The second-order valence-corrected chi connectivity index (χ2v) is 6.15. The van der Waals surface area contributed by atoms with Crippen LogP contribution >= 0.6 is 0 Å². The smallest absolute Gasteiger partial charge is 0.191 e. The van der Waals surface area contributed by atoms with Crippen LogP contribution in [0.4, 0.5) is 0 Å². The summed E-state index contributed by atoms with van der Waals surface area (Å²) in [5.74, 6) is 1.88. The van der Waals surface area contributed by atoms with E-state index in [1.54, 1.807) is 14.2 Å². The Labute approximate surface area is 127 Å². The fourth-order valence-corrected chi connectivity index (χ4v) is 2.82. The molecule has 2 atom stereocenters. The third-order valence-corrected chi connectivity index (χ3v) is 4.57. The number of nitrogens with zero attached hydrogens (tertiary/aromatic N) is 3. The van der Waals surface area contributed by atoms with Crippen molar-refractivity contribution in [1.29, 1.82) is 0 Å². The standard InChI is InChI=1S/C15H27N5O/c1-11-17-6-8-20(11)9-7-18-14(16-4)19-12-10-13(21-5)15(12,2)3/h6,8,12-13H,7,9-10H2,1-5H3,(H2,16,18,19). The Kier molecular flexibility index (Phi) is 4.88. The first-order valence-electron chi connectivity index (χ1n) is 7.46. The van der Waals surface area contributed by atoms with Crippen LogP contribution in [0.5, 0.6) is 0 Å². The van der Waals surface area contributed by atoms with E-state index in [0.29, 0.717) is 12.1 Å². The minimum Gasteiger partial charge on any atom is -0.381 e. The van der Waals surface area contributed by atoms with Crippen molar-refractivity contribution in [1.82, 2.24) is 20.2 Å². The van der Waals surface area contributed by atoms with E-state index in [9.17, 15) is 0 Å². The lowest BCUT2D eigenvalue weighted by atomic mass is 9.64. The molecule has 1 fully saturated rings. The number of guanidine groups is 1. The molecule has 21 heavy (non-hydrogen) atoms. The number of nitrogens with one attached hydrogen (secondary N) is 2. The number of hydrogen-bond acceptors (Lipinski definition) is 3. The number of imidazole rings is 1. The van der Waals surface area contributed by atoms with Crippen molar-refractivity contribution in [3.63, 3.8) is 0 Å². The van der Waals surface area contributed by atoms with Crippen molar-refractivity contribution in [2.45, 2.75) is 45.9 Å². The van der Waals surface area contributed by atoms with Crippen LogP contribution in [0.2, 0.25) is 0 Å². The van der Waals surface area contributed by atoms with E-state index in [1.807, 2.05) is 19.3 Å². The van der Waals surface area contributed by atoms with Crippen LogP contribution in [-0.4, -0.2) is 48.4 Å². The van der Waals surface area contributed by atoms with Gasteiger partial charge in [0.2, 0.25) is 0 Å². The predicted octanol–water partition coefficient (Wildman–Crippen LogP) is 1.17. The Balaban J connectivity index is 1.78. The van der Waals surface area contributed by atoms with Gasteiger partial charge in [-0.15, -0.1) is 0 Å². The second-order valence-electron chi connectivity index (χ2n) is 6.15. The number of aryl methyl sites for hydroxylation is 1. The van der Waals surface area contributed by atoms with Gasteiger partial charge in [0.25, 0.3) is 0 Å². The summed E-state index contributed by atoms with van der Waals surface area (Å²) >= 11 is 0. The zero-order valence-electron chi connectivity index (χ0n) is 13.7. The number of rotatable bonds is 5. The Hall–Kier alpha value is -1.56. The maximum Gasteiger partial charge on any atom is 0.191 e. The summed E-state index contributed by atoms with van der Waals surface area (Å²) in [4.78, 5) is 8.51. The summed E-state index contributed by atoms with van der Waals surface area (Å²) in [6, 6.07) is 0.392. The highest BCUT2D eigenvalue weighted by molar-refractivity contribution is 5.80. The molecule has 6 nitrogen and oxygen atoms in total. The molecule has 0 aliphatic heterocycles. The highest BCUT2D eigenvalue weighted by atomic mass is 16.5. The van der Waals surface area contributed by atoms with E-state index >= 15 is 0 Å². The topological polar surface area (TPSA) is 63.5 Å². The third kappa shape index (κ3) is 3.37. The van der Waals surface area contributed by atoms with Crippen LogP contribution in [0.15, 0.2) is 17.4 Å².